The summed E-state index contributed by atoms with van der Waals surface area (Å²) in [5.41, 5.74) is 1.88. The molecule has 3 heteroatoms. The van der Waals surface area contributed by atoms with Crippen molar-refractivity contribution in [1.82, 2.24) is 5.32 Å². The molecule has 0 saturated heterocycles. The van der Waals surface area contributed by atoms with E-state index < -0.39 is 0 Å². The number of hydrogen-bond acceptors (Lipinski definition) is 2. The lowest BCUT2D eigenvalue weighted by molar-refractivity contribution is 0.0909. The number of rotatable bonds is 2. The highest BCUT2D eigenvalue weighted by atomic mass is 16.2. The van der Waals surface area contributed by atoms with Crippen molar-refractivity contribution in [1.29, 1.82) is 0 Å². The summed E-state index contributed by atoms with van der Waals surface area (Å²) in [6, 6.07) is 7.47. The molecule has 0 bridgehead atoms. The van der Waals surface area contributed by atoms with Crippen LogP contribution in [0, 0.1) is 17.3 Å². The van der Waals surface area contributed by atoms with Gasteiger partial charge in [0.05, 0.1) is 0 Å². The fourth-order valence-electron chi connectivity index (χ4n) is 2.66. The Morgan fingerprint density at radius 3 is 2.48 bits per heavy atom. The predicted molar refractivity (Wildman–Crippen MR) is 83.9 cm³/mol. The van der Waals surface area contributed by atoms with Gasteiger partial charge in [0.1, 0.15) is 6.61 Å². The lowest BCUT2D eigenvalue weighted by Crippen LogP contribution is -2.39. The van der Waals surface area contributed by atoms with Gasteiger partial charge < -0.3 is 10.4 Å². The smallest absolute Gasteiger partial charge is 0.251 e. The van der Waals surface area contributed by atoms with Gasteiger partial charge in [-0.25, -0.2) is 0 Å². The van der Waals surface area contributed by atoms with Crippen LogP contribution in [0.25, 0.3) is 0 Å². The van der Waals surface area contributed by atoms with Gasteiger partial charge in [-0.1, -0.05) is 25.7 Å². The third kappa shape index (κ3) is 4.61. The van der Waals surface area contributed by atoms with E-state index in [1.165, 1.54) is 0 Å². The number of aliphatic hydroxyl groups excluding tert-OH is 1. The van der Waals surface area contributed by atoms with Gasteiger partial charge in [0, 0.05) is 17.2 Å². The highest BCUT2D eigenvalue weighted by molar-refractivity contribution is 5.94. The van der Waals surface area contributed by atoms with E-state index in [2.05, 4.69) is 31.0 Å². The zero-order valence-corrected chi connectivity index (χ0v) is 12.8. The number of hydrogen-bond donors (Lipinski definition) is 2. The molecule has 1 saturated carbocycles. The first-order valence-corrected chi connectivity index (χ1v) is 7.51. The molecule has 0 unspecified atom stereocenters. The Kier molecular flexibility index (Phi) is 5.03. The SMILES string of the molecule is CC1(C)CCC(NC(=O)c2ccc(C#CCO)cc2)CC1. The molecule has 21 heavy (non-hydrogen) atoms. The minimum atomic E-state index is -0.153. The Labute approximate surface area is 126 Å². The summed E-state index contributed by atoms with van der Waals surface area (Å²) < 4.78 is 0. The van der Waals surface area contributed by atoms with Crippen molar-refractivity contribution < 1.29 is 9.90 Å². The summed E-state index contributed by atoms with van der Waals surface area (Å²) in [6.45, 7) is 4.43. The van der Waals surface area contributed by atoms with E-state index in [0.29, 0.717) is 17.0 Å². The van der Waals surface area contributed by atoms with Crippen LogP contribution in [0.3, 0.4) is 0 Å². The summed E-state index contributed by atoms with van der Waals surface area (Å²) in [6.07, 6.45) is 4.43. The molecule has 0 spiro atoms. The second-order valence-corrected chi connectivity index (χ2v) is 6.45. The summed E-state index contributed by atoms with van der Waals surface area (Å²) in [4.78, 5) is 12.2. The number of amides is 1. The Morgan fingerprint density at radius 2 is 1.90 bits per heavy atom. The van der Waals surface area contributed by atoms with Gasteiger partial charge in [-0.3, -0.25) is 4.79 Å². The molecule has 1 amide bonds. The number of aliphatic hydroxyl groups is 1. The van der Waals surface area contributed by atoms with Crippen LogP contribution < -0.4 is 5.32 Å². The molecular weight excluding hydrogens is 262 g/mol. The predicted octanol–water partition coefficient (Wildman–Crippen LogP) is 2.73. The molecule has 2 N–H and O–H groups in total. The summed E-state index contributed by atoms with van der Waals surface area (Å²) in [7, 11) is 0. The maximum Gasteiger partial charge on any atom is 0.251 e. The second kappa shape index (κ2) is 6.78. The van der Waals surface area contributed by atoms with E-state index in [0.717, 1.165) is 31.2 Å². The third-order valence-electron chi connectivity index (χ3n) is 4.13. The molecule has 1 aliphatic rings. The van der Waals surface area contributed by atoms with E-state index in [-0.39, 0.29) is 12.5 Å². The molecule has 1 aromatic carbocycles. The van der Waals surface area contributed by atoms with Gasteiger partial charge in [0.25, 0.3) is 5.91 Å². The van der Waals surface area contributed by atoms with Gasteiger partial charge in [0.15, 0.2) is 0 Å². The molecule has 0 heterocycles. The van der Waals surface area contributed by atoms with Gasteiger partial charge >= 0.3 is 0 Å². The molecule has 0 aromatic heterocycles. The first kappa shape index (κ1) is 15.6. The molecule has 1 fully saturated rings. The Bertz CT molecular complexity index is 539. The van der Waals surface area contributed by atoms with Crippen LogP contribution in [0.2, 0.25) is 0 Å². The van der Waals surface area contributed by atoms with Crippen molar-refractivity contribution in [2.24, 2.45) is 5.41 Å². The van der Waals surface area contributed by atoms with Crippen molar-refractivity contribution in [2.45, 2.75) is 45.6 Å². The van der Waals surface area contributed by atoms with Crippen molar-refractivity contribution in [3.63, 3.8) is 0 Å². The van der Waals surface area contributed by atoms with Crippen LogP contribution in [-0.2, 0) is 0 Å². The molecule has 0 aliphatic heterocycles. The molecule has 3 nitrogen and oxygen atoms in total. The van der Waals surface area contributed by atoms with E-state index >= 15 is 0 Å². The van der Waals surface area contributed by atoms with Crippen LogP contribution in [0.15, 0.2) is 24.3 Å². The minimum absolute atomic E-state index is 0.0126. The summed E-state index contributed by atoms with van der Waals surface area (Å²) in [5.74, 6) is 5.40. The van der Waals surface area contributed by atoms with E-state index in [4.69, 9.17) is 5.11 Å². The summed E-state index contributed by atoms with van der Waals surface area (Å²) >= 11 is 0. The quantitative estimate of drug-likeness (QED) is 0.821. The molecule has 112 valence electrons. The highest BCUT2D eigenvalue weighted by Gasteiger charge is 2.27. The fraction of sp³-hybridized carbons (Fsp3) is 0.500. The van der Waals surface area contributed by atoms with Gasteiger partial charge in [-0.15, -0.1) is 0 Å². The minimum Gasteiger partial charge on any atom is -0.384 e. The first-order valence-electron chi connectivity index (χ1n) is 7.51. The van der Waals surface area contributed by atoms with Crippen molar-refractivity contribution in [2.75, 3.05) is 6.61 Å². The standard InChI is InChI=1S/C18H23NO2/c1-18(2)11-9-16(10-12-18)19-17(21)15-7-5-14(6-8-15)4-3-13-20/h5-8,16,20H,9-13H2,1-2H3,(H,19,21). The van der Waals surface area contributed by atoms with Crippen LogP contribution in [-0.4, -0.2) is 23.7 Å². The van der Waals surface area contributed by atoms with Gasteiger partial charge in [0.2, 0.25) is 0 Å². The van der Waals surface area contributed by atoms with Crippen molar-refractivity contribution in [3.8, 4) is 11.8 Å². The molecule has 0 radical (unpaired) electrons. The largest absolute Gasteiger partial charge is 0.384 e. The average Bonchev–Trinajstić information content (AvgIpc) is 2.48. The average molecular weight is 285 g/mol. The van der Waals surface area contributed by atoms with Crippen LogP contribution in [0.1, 0.15) is 55.5 Å². The van der Waals surface area contributed by atoms with Gasteiger partial charge in [-0.05, 0) is 55.4 Å². The molecule has 1 aliphatic carbocycles. The van der Waals surface area contributed by atoms with Crippen LogP contribution >= 0.6 is 0 Å². The highest BCUT2D eigenvalue weighted by Crippen LogP contribution is 2.35. The lowest BCUT2D eigenvalue weighted by atomic mass is 9.75. The topological polar surface area (TPSA) is 49.3 Å². The molecular formula is C18H23NO2. The molecule has 2 rings (SSSR count). The zero-order chi connectivity index (χ0) is 15.3. The Balaban J connectivity index is 1.92. The monoisotopic (exact) mass is 285 g/mol. The maximum atomic E-state index is 12.2. The second-order valence-electron chi connectivity index (χ2n) is 6.45. The van der Waals surface area contributed by atoms with Crippen molar-refractivity contribution >= 4 is 5.91 Å². The number of nitrogens with one attached hydrogen (secondary N) is 1. The molecule has 1 aromatic rings. The Hall–Kier alpha value is -1.79. The zero-order valence-electron chi connectivity index (χ0n) is 12.8. The normalized spacial score (nSPS) is 17.7. The number of carbonyl (C=O) groups is 1. The third-order valence-corrected chi connectivity index (χ3v) is 4.13. The van der Waals surface area contributed by atoms with Crippen LogP contribution in [0.4, 0.5) is 0 Å². The number of carbonyl (C=O) groups excluding carboxylic acids is 1. The van der Waals surface area contributed by atoms with E-state index in [1.54, 1.807) is 12.1 Å². The maximum absolute atomic E-state index is 12.2. The van der Waals surface area contributed by atoms with Crippen molar-refractivity contribution in [3.05, 3.63) is 35.4 Å². The van der Waals surface area contributed by atoms with E-state index in [1.807, 2.05) is 12.1 Å². The first-order chi connectivity index (χ1) is 10.00. The van der Waals surface area contributed by atoms with E-state index in [9.17, 15) is 4.79 Å². The fourth-order valence-corrected chi connectivity index (χ4v) is 2.66. The Morgan fingerprint density at radius 1 is 1.29 bits per heavy atom. The summed E-state index contributed by atoms with van der Waals surface area (Å²) in [5, 5.41) is 11.8. The number of benzene rings is 1. The van der Waals surface area contributed by atoms with Crippen LogP contribution in [0.5, 0.6) is 0 Å². The lowest BCUT2D eigenvalue weighted by Gasteiger charge is -2.34. The molecule has 0 atom stereocenters. The van der Waals surface area contributed by atoms with Gasteiger partial charge in [-0.2, -0.15) is 0 Å².